The predicted molar refractivity (Wildman–Crippen MR) is 105 cm³/mol. The summed E-state index contributed by atoms with van der Waals surface area (Å²) in [7, 11) is 0. The minimum Gasteiger partial charge on any atom is -0.371 e. The number of piperidine rings is 1. The van der Waals surface area contributed by atoms with Crippen LogP contribution in [-0.2, 0) is 24.4 Å². The molecule has 5 heteroatoms. The Morgan fingerprint density at radius 1 is 0.963 bits per heavy atom. The number of aromatic nitrogens is 3. The predicted octanol–water partition coefficient (Wildman–Crippen LogP) is 3.51. The summed E-state index contributed by atoms with van der Waals surface area (Å²) in [6.07, 6.45) is 8.24. The van der Waals surface area contributed by atoms with Crippen molar-refractivity contribution in [3.05, 3.63) is 83.9 Å². The van der Waals surface area contributed by atoms with Crippen molar-refractivity contribution < 1.29 is 4.74 Å². The second-order valence-corrected chi connectivity index (χ2v) is 7.10. The van der Waals surface area contributed by atoms with Gasteiger partial charge in [-0.3, -0.25) is 14.6 Å². The van der Waals surface area contributed by atoms with Gasteiger partial charge in [0.15, 0.2) is 0 Å². The number of hydrogen-bond donors (Lipinski definition) is 0. The third kappa shape index (κ3) is 5.02. The molecular formula is C22H26N4O. The molecule has 5 nitrogen and oxygen atoms in total. The first-order valence-electron chi connectivity index (χ1n) is 9.65. The number of likely N-dealkylation sites (tertiary alicyclic amines) is 1. The monoisotopic (exact) mass is 362 g/mol. The van der Waals surface area contributed by atoms with Gasteiger partial charge in [0, 0.05) is 31.7 Å². The molecule has 1 atom stereocenters. The van der Waals surface area contributed by atoms with E-state index < -0.39 is 0 Å². The molecule has 0 spiro atoms. The minimum absolute atomic E-state index is 0.277. The lowest BCUT2D eigenvalue weighted by molar-refractivity contribution is -0.0133. The molecular weight excluding hydrogens is 336 g/mol. The van der Waals surface area contributed by atoms with Crippen molar-refractivity contribution in [1.29, 1.82) is 0 Å². The first kappa shape index (κ1) is 17.9. The highest BCUT2D eigenvalue weighted by atomic mass is 16.5. The van der Waals surface area contributed by atoms with E-state index in [0.29, 0.717) is 6.61 Å². The van der Waals surface area contributed by atoms with Crippen molar-refractivity contribution >= 4 is 0 Å². The first-order chi connectivity index (χ1) is 13.4. The van der Waals surface area contributed by atoms with Gasteiger partial charge in [0.2, 0.25) is 0 Å². The molecule has 1 aromatic carbocycles. The van der Waals surface area contributed by atoms with Crippen LogP contribution in [0.1, 0.15) is 29.7 Å². The van der Waals surface area contributed by atoms with E-state index in [0.717, 1.165) is 38.3 Å². The molecule has 3 aromatic rings. The molecule has 0 N–H and O–H groups in total. The molecule has 1 saturated heterocycles. The minimum atomic E-state index is 0.277. The smallest absolute Gasteiger partial charge is 0.0892 e. The Balaban J connectivity index is 1.35. The first-order valence-corrected chi connectivity index (χ1v) is 9.65. The zero-order valence-corrected chi connectivity index (χ0v) is 15.6. The van der Waals surface area contributed by atoms with E-state index in [1.807, 2.05) is 47.5 Å². The number of ether oxygens (including phenoxy) is 1. The lowest BCUT2D eigenvalue weighted by atomic mass is 10.0. The van der Waals surface area contributed by atoms with Gasteiger partial charge in [-0.05, 0) is 48.7 Å². The highest BCUT2D eigenvalue weighted by Crippen LogP contribution is 2.19. The molecule has 0 radical (unpaired) electrons. The molecule has 0 saturated carbocycles. The standard InChI is InChI=1S/C22H26N4O/c1-2-8-20(16-26-14-6-12-24-26)19(7-1)15-25-13-5-10-22(17-25)27-18-21-9-3-4-11-23-21/h1-4,6-9,11-12,14,22H,5,10,13,15-18H2. The van der Waals surface area contributed by atoms with Crippen LogP contribution in [0.5, 0.6) is 0 Å². The highest BCUT2D eigenvalue weighted by Gasteiger charge is 2.21. The van der Waals surface area contributed by atoms with E-state index in [1.165, 1.54) is 17.5 Å². The Labute approximate surface area is 160 Å². The fourth-order valence-electron chi connectivity index (χ4n) is 3.65. The molecule has 140 valence electrons. The Hall–Kier alpha value is -2.50. The second-order valence-electron chi connectivity index (χ2n) is 7.10. The average molecular weight is 362 g/mol. The molecule has 1 aliphatic heterocycles. The summed E-state index contributed by atoms with van der Waals surface area (Å²) in [6, 6.07) is 16.6. The van der Waals surface area contributed by atoms with Gasteiger partial charge in [-0.25, -0.2) is 0 Å². The van der Waals surface area contributed by atoms with Crippen molar-refractivity contribution in [2.45, 2.75) is 38.6 Å². The fourth-order valence-corrected chi connectivity index (χ4v) is 3.65. The number of nitrogens with zero attached hydrogens (tertiary/aromatic N) is 4. The van der Waals surface area contributed by atoms with E-state index >= 15 is 0 Å². The van der Waals surface area contributed by atoms with Gasteiger partial charge >= 0.3 is 0 Å². The summed E-state index contributed by atoms with van der Waals surface area (Å²) >= 11 is 0. The van der Waals surface area contributed by atoms with Gasteiger partial charge in [0.1, 0.15) is 0 Å². The Morgan fingerprint density at radius 3 is 2.59 bits per heavy atom. The molecule has 0 bridgehead atoms. The van der Waals surface area contributed by atoms with Gasteiger partial charge < -0.3 is 4.74 Å². The summed E-state index contributed by atoms with van der Waals surface area (Å²) in [4.78, 5) is 6.86. The number of rotatable bonds is 7. The van der Waals surface area contributed by atoms with Crippen LogP contribution >= 0.6 is 0 Å². The number of pyridine rings is 1. The molecule has 3 heterocycles. The van der Waals surface area contributed by atoms with E-state index in [2.05, 4.69) is 39.2 Å². The van der Waals surface area contributed by atoms with Crippen molar-refractivity contribution in [2.75, 3.05) is 13.1 Å². The lowest BCUT2D eigenvalue weighted by Crippen LogP contribution is -2.39. The number of benzene rings is 1. The van der Waals surface area contributed by atoms with Gasteiger partial charge in [0.05, 0.1) is 24.9 Å². The summed E-state index contributed by atoms with van der Waals surface area (Å²) in [5.41, 5.74) is 3.70. The van der Waals surface area contributed by atoms with E-state index in [4.69, 9.17) is 4.74 Å². The summed E-state index contributed by atoms with van der Waals surface area (Å²) in [5, 5.41) is 4.34. The molecule has 1 fully saturated rings. The van der Waals surface area contributed by atoms with Crippen molar-refractivity contribution in [1.82, 2.24) is 19.7 Å². The Bertz CT molecular complexity index is 819. The van der Waals surface area contributed by atoms with Crippen molar-refractivity contribution in [3.8, 4) is 0 Å². The maximum absolute atomic E-state index is 6.13. The molecule has 0 amide bonds. The Kier molecular flexibility index (Phi) is 5.92. The third-order valence-electron chi connectivity index (χ3n) is 5.06. The van der Waals surface area contributed by atoms with Gasteiger partial charge in [-0.15, -0.1) is 0 Å². The molecule has 0 aliphatic carbocycles. The lowest BCUT2D eigenvalue weighted by Gasteiger charge is -2.33. The van der Waals surface area contributed by atoms with E-state index in [9.17, 15) is 0 Å². The van der Waals surface area contributed by atoms with Gasteiger partial charge in [-0.2, -0.15) is 5.10 Å². The maximum Gasteiger partial charge on any atom is 0.0892 e. The van der Waals surface area contributed by atoms with Crippen LogP contribution in [-0.4, -0.2) is 38.9 Å². The van der Waals surface area contributed by atoms with Crippen molar-refractivity contribution in [2.24, 2.45) is 0 Å². The highest BCUT2D eigenvalue weighted by molar-refractivity contribution is 5.27. The molecule has 2 aromatic heterocycles. The second kappa shape index (κ2) is 8.93. The normalized spacial score (nSPS) is 17.9. The SMILES string of the molecule is c1ccc(COC2CCCN(Cc3ccccc3Cn3cccn3)C2)nc1. The molecule has 1 aliphatic rings. The zero-order valence-electron chi connectivity index (χ0n) is 15.6. The third-order valence-corrected chi connectivity index (χ3v) is 5.06. The van der Waals surface area contributed by atoms with Crippen LogP contribution < -0.4 is 0 Å². The maximum atomic E-state index is 6.13. The summed E-state index contributed by atoms with van der Waals surface area (Å²) < 4.78 is 8.11. The van der Waals surface area contributed by atoms with Crippen LogP contribution in [0.4, 0.5) is 0 Å². The number of hydrogen-bond acceptors (Lipinski definition) is 4. The fraction of sp³-hybridized carbons (Fsp3) is 0.364. The van der Waals surface area contributed by atoms with Crippen LogP contribution in [0, 0.1) is 0 Å². The molecule has 27 heavy (non-hydrogen) atoms. The van der Waals surface area contributed by atoms with E-state index in [-0.39, 0.29) is 6.10 Å². The zero-order chi connectivity index (χ0) is 18.3. The van der Waals surface area contributed by atoms with Crippen LogP contribution in [0.2, 0.25) is 0 Å². The molecule has 1 unspecified atom stereocenters. The summed E-state index contributed by atoms with van der Waals surface area (Å²) in [5.74, 6) is 0. The Morgan fingerprint density at radius 2 is 1.81 bits per heavy atom. The average Bonchev–Trinajstić information content (AvgIpc) is 3.22. The van der Waals surface area contributed by atoms with E-state index in [1.54, 1.807) is 0 Å². The largest absolute Gasteiger partial charge is 0.371 e. The van der Waals surface area contributed by atoms with Crippen LogP contribution in [0.3, 0.4) is 0 Å². The molecule has 4 rings (SSSR count). The quantitative estimate of drug-likeness (QED) is 0.645. The van der Waals surface area contributed by atoms with Gasteiger partial charge in [0.25, 0.3) is 0 Å². The van der Waals surface area contributed by atoms with Crippen molar-refractivity contribution in [3.63, 3.8) is 0 Å². The van der Waals surface area contributed by atoms with Gasteiger partial charge in [-0.1, -0.05) is 30.3 Å². The topological polar surface area (TPSA) is 43.2 Å². The van der Waals surface area contributed by atoms with Crippen LogP contribution in [0.15, 0.2) is 67.1 Å². The van der Waals surface area contributed by atoms with Crippen LogP contribution in [0.25, 0.3) is 0 Å². The summed E-state index contributed by atoms with van der Waals surface area (Å²) in [6.45, 7) is 4.47.